The number of hydrogen-bond acceptors (Lipinski definition) is 6. The number of thiazole rings is 1. The highest BCUT2D eigenvalue weighted by atomic mass is 32.1. The first kappa shape index (κ1) is 20.3. The number of ether oxygens (including phenoxy) is 2. The van der Waals surface area contributed by atoms with Crippen LogP contribution in [0.25, 0.3) is 11.3 Å². The van der Waals surface area contributed by atoms with E-state index in [4.69, 9.17) is 9.47 Å². The summed E-state index contributed by atoms with van der Waals surface area (Å²) in [6.07, 6.45) is 1.18. The van der Waals surface area contributed by atoms with Crippen LogP contribution in [0.1, 0.15) is 28.4 Å². The fraction of sp³-hybridized carbons (Fsp3) is 0.261. The van der Waals surface area contributed by atoms with E-state index >= 15 is 0 Å². The van der Waals surface area contributed by atoms with Crippen LogP contribution in [0, 0.1) is 0 Å². The van der Waals surface area contributed by atoms with Crippen molar-refractivity contribution in [3.63, 3.8) is 0 Å². The van der Waals surface area contributed by atoms with Gasteiger partial charge in [0.05, 0.1) is 17.9 Å². The van der Waals surface area contributed by atoms with Crippen molar-refractivity contribution in [1.82, 2.24) is 4.98 Å². The van der Waals surface area contributed by atoms with Gasteiger partial charge in [-0.05, 0) is 30.5 Å². The Kier molecular flexibility index (Phi) is 5.65. The normalized spacial score (nSPS) is 17.9. The average molecular weight is 423 g/mol. The molecule has 6 nitrogen and oxygen atoms in total. The van der Waals surface area contributed by atoms with Crippen molar-refractivity contribution < 1.29 is 19.1 Å². The molecule has 7 heteroatoms. The molecule has 1 aliphatic rings. The van der Waals surface area contributed by atoms with E-state index in [1.165, 1.54) is 16.9 Å². The minimum atomic E-state index is -1.28. The highest BCUT2D eigenvalue weighted by Crippen LogP contribution is 2.31. The van der Waals surface area contributed by atoms with Crippen molar-refractivity contribution in [2.45, 2.75) is 25.4 Å². The Morgan fingerprint density at radius 2 is 2.00 bits per heavy atom. The van der Waals surface area contributed by atoms with Gasteiger partial charge in [-0.15, -0.1) is 11.3 Å². The molecule has 154 valence electrons. The number of amides is 1. The summed E-state index contributed by atoms with van der Waals surface area (Å²) in [6, 6.07) is 15.3. The summed E-state index contributed by atoms with van der Waals surface area (Å²) in [4.78, 5) is 29.7. The van der Waals surface area contributed by atoms with E-state index < -0.39 is 11.6 Å². The molecule has 30 heavy (non-hydrogen) atoms. The molecule has 2 heterocycles. The Morgan fingerprint density at radius 1 is 1.23 bits per heavy atom. The topological polar surface area (TPSA) is 77.5 Å². The lowest BCUT2D eigenvalue weighted by atomic mass is 9.89. The number of nitrogens with zero attached hydrogens (tertiary/aromatic N) is 1. The maximum atomic E-state index is 12.9. The second kappa shape index (κ2) is 8.38. The fourth-order valence-corrected chi connectivity index (χ4v) is 4.13. The molecule has 1 N–H and O–H groups in total. The van der Waals surface area contributed by atoms with Crippen LogP contribution in [0.15, 0.2) is 53.9 Å². The van der Waals surface area contributed by atoms with Crippen LogP contribution >= 0.6 is 11.3 Å². The number of rotatable bonds is 6. The molecule has 0 radical (unpaired) electrons. The van der Waals surface area contributed by atoms with Gasteiger partial charge in [-0.25, -0.2) is 9.78 Å². The molecule has 0 saturated heterocycles. The Labute approximate surface area is 178 Å². The number of nitrogens with one attached hydrogen (secondary N) is 1. The minimum Gasteiger partial charge on any atom is -0.445 e. The number of hydrogen-bond donors (Lipinski definition) is 1. The Bertz CT molecular complexity index is 1080. The highest BCUT2D eigenvalue weighted by molar-refractivity contribution is 7.14. The van der Waals surface area contributed by atoms with Crippen molar-refractivity contribution in [3.05, 3.63) is 70.6 Å². The number of anilines is 1. The second-order valence-electron chi connectivity index (χ2n) is 7.39. The number of benzene rings is 2. The lowest BCUT2D eigenvalue weighted by Crippen LogP contribution is -2.48. The standard InChI is InChI=1S/C23H22N2O4S/c1-23(13-17-5-3-4-6-18(17)20(26)29-23)21(27)25-22-24-19(14-30-22)16-9-7-15(8-10-16)11-12-28-2/h3-10,14H,11-13H2,1-2H3,(H,24,25,27)/t23-/m0/s1. The first-order valence-electron chi connectivity index (χ1n) is 9.65. The second-order valence-corrected chi connectivity index (χ2v) is 8.24. The molecule has 0 fully saturated rings. The van der Waals surface area contributed by atoms with Crippen molar-refractivity contribution in [2.24, 2.45) is 0 Å². The van der Waals surface area contributed by atoms with Gasteiger partial charge < -0.3 is 9.47 Å². The van der Waals surface area contributed by atoms with Crippen molar-refractivity contribution in [3.8, 4) is 11.3 Å². The van der Waals surface area contributed by atoms with Gasteiger partial charge in [0, 0.05) is 24.5 Å². The summed E-state index contributed by atoms with van der Waals surface area (Å²) < 4.78 is 10.6. The summed E-state index contributed by atoms with van der Waals surface area (Å²) in [7, 11) is 1.69. The molecule has 4 rings (SSSR count). The average Bonchev–Trinajstić information content (AvgIpc) is 3.21. The van der Waals surface area contributed by atoms with E-state index in [0.29, 0.717) is 23.7 Å². The van der Waals surface area contributed by atoms with E-state index in [9.17, 15) is 9.59 Å². The minimum absolute atomic E-state index is 0.321. The van der Waals surface area contributed by atoms with E-state index in [1.807, 2.05) is 41.8 Å². The summed E-state index contributed by atoms with van der Waals surface area (Å²) in [5, 5.41) is 5.17. The zero-order valence-corrected chi connectivity index (χ0v) is 17.6. The predicted molar refractivity (Wildman–Crippen MR) is 116 cm³/mol. The number of methoxy groups -OCH3 is 1. The summed E-state index contributed by atoms with van der Waals surface area (Å²) in [5.74, 6) is -0.871. The first-order chi connectivity index (χ1) is 14.5. The Hall–Kier alpha value is -3.03. The van der Waals surface area contributed by atoms with E-state index in [0.717, 1.165) is 23.2 Å². The smallest absolute Gasteiger partial charge is 0.339 e. The van der Waals surface area contributed by atoms with Crippen LogP contribution in [-0.4, -0.2) is 36.2 Å². The van der Waals surface area contributed by atoms with E-state index in [-0.39, 0.29) is 5.91 Å². The third kappa shape index (κ3) is 4.13. The molecule has 2 aromatic carbocycles. The van der Waals surface area contributed by atoms with Crippen LogP contribution in [-0.2, 0) is 27.1 Å². The third-order valence-corrected chi connectivity index (χ3v) is 5.89. The number of cyclic esters (lactones) is 1. The third-order valence-electron chi connectivity index (χ3n) is 5.13. The van der Waals surface area contributed by atoms with E-state index in [1.54, 1.807) is 26.2 Å². The van der Waals surface area contributed by atoms with Gasteiger partial charge in [-0.1, -0.05) is 42.5 Å². The van der Waals surface area contributed by atoms with Gasteiger partial charge in [-0.3, -0.25) is 10.1 Å². The van der Waals surface area contributed by atoms with Crippen molar-refractivity contribution >= 4 is 28.3 Å². The van der Waals surface area contributed by atoms with Gasteiger partial charge in [0.2, 0.25) is 0 Å². The van der Waals surface area contributed by atoms with Crippen molar-refractivity contribution in [2.75, 3.05) is 19.0 Å². The maximum Gasteiger partial charge on any atom is 0.339 e. The molecular weight excluding hydrogens is 400 g/mol. The Balaban J connectivity index is 1.46. The maximum absolute atomic E-state index is 12.9. The lowest BCUT2D eigenvalue weighted by Gasteiger charge is -2.32. The number of carbonyl (C=O) groups is 2. The van der Waals surface area contributed by atoms with Crippen molar-refractivity contribution in [1.29, 1.82) is 0 Å². The van der Waals surface area contributed by atoms with Gasteiger partial charge >= 0.3 is 5.97 Å². The van der Waals surface area contributed by atoms with Gasteiger partial charge in [0.25, 0.3) is 5.91 Å². The largest absolute Gasteiger partial charge is 0.445 e. The molecule has 1 aliphatic heterocycles. The van der Waals surface area contributed by atoms with Gasteiger partial charge in [0.1, 0.15) is 0 Å². The first-order valence-corrected chi connectivity index (χ1v) is 10.5. The number of aromatic nitrogens is 1. The molecule has 0 bridgehead atoms. The highest BCUT2D eigenvalue weighted by Gasteiger charge is 2.42. The molecule has 1 atom stereocenters. The van der Waals surface area contributed by atoms with Crippen LogP contribution in [0.2, 0.25) is 0 Å². The molecule has 1 aromatic heterocycles. The molecule has 3 aromatic rings. The zero-order chi connectivity index (χ0) is 21.1. The number of fused-ring (bicyclic) bond motifs is 1. The van der Waals surface area contributed by atoms with Gasteiger partial charge in [-0.2, -0.15) is 0 Å². The van der Waals surface area contributed by atoms with Crippen LogP contribution in [0.3, 0.4) is 0 Å². The molecule has 0 aliphatic carbocycles. The molecule has 1 amide bonds. The number of carbonyl (C=O) groups excluding carboxylic acids is 2. The number of esters is 1. The quantitative estimate of drug-likeness (QED) is 0.605. The van der Waals surface area contributed by atoms with Crippen LogP contribution in [0.4, 0.5) is 5.13 Å². The summed E-state index contributed by atoms with van der Waals surface area (Å²) in [6.45, 7) is 2.31. The summed E-state index contributed by atoms with van der Waals surface area (Å²) >= 11 is 1.34. The fourth-order valence-electron chi connectivity index (χ4n) is 3.41. The van der Waals surface area contributed by atoms with Crippen LogP contribution in [0.5, 0.6) is 0 Å². The molecule has 0 saturated carbocycles. The monoisotopic (exact) mass is 422 g/mol. The molecular formula is C23H22N2O4S. The zero-order valence-electron chi connectivity index (χ0n) is 16.8. The molecule has 0 spiro atoms. The molecule has 0 unspecified atom stereocenters. The SMILES string of the molecule is COCCc1ccc(-c2csc(NC(=O)[C@]3(C)Cc4ccccc4C(=O)O3)n2)cc1. The van der Waals surface area contributed by atoms with Gasteiger partial charge in [0.15, 0.2) is 10.7 Å². The van der Waals surface area contributed by atoms with Crippen LogP contribution < -0.4 is 5.32 Å². The summed E-state index contributed by atoms with van der Waals surface area (Å²) in [5.41, 5.74) is 2.98. The van der Waals surface area contributed by atoms with E-state index in [2.05, 4.69) is 10.3 Å². The Morgan fingerprint density at radius 3 is 2.77 bits per heavy atom. The predicted octanol–water partition coefficient (Wildman–Crippen LogP) is 4.11. The lowest BCUT2D eigenvalue weighted by molar-refractivity contribution is -0.134.